The van der Waals surface area contributed by atoms with Gasteiger partial charge in [-0.2, -0.15) is 0 Å². The van der Waals surface area contributed by atoms with E-state index in [1.165, 1.54) is 22.2 Å². The first-order valence-corrected chi connectivity index (χ1v) is 10.8. The first-order valence-electron chi connectivity index (χ1n) is 9.62. The Morgan fingerprint density at radius 2 is 1.87 bits per heavy atom. The molecule has 2 aromatic rings. The van der Waals surface area contributed by atoms with Crippen molar-refractivity contribution < 1.29 is 19.0 Å². The summed E-state index contributed by atoms with van der Waals surface area (Å²) in [5, 5.41) is 0. The van der Waals surface area contributed by atoms with Gasteiger partial charge in [-0.15, -0.1) is 0 Å². The van der Waals surface area contributed by atoms with E-state index in [4.69, 9.17) is 26.4 Å². The summed E-state index contributed by atoms with van der Waals surface area (Å²) >= 11 is 6.49. The van der Waals surface area contributed by atoms with Crippen LogP contribution in [-0.2, 0) is 4.79 Å². The molecule has 0 unspecified atom stereocenters. The summed E-state index contributed by atoms with van der Waals surface area (Å²) in [7, 11) is 3.28. The number of benzene rings is 2. The van der Waals surface area contributed by atoms with E-state index in [9.17, 15) is 4.79 Å². The van der Waals surface area contributed by atoms with Gasteiger partial charge in [-0.05, 0) is 37.6 Å². The first-order chi connectivity index (χ1) is 14.4. The number of aryl methyl sites for hydroxylation is 2. The Morgan fingerprint density at radius 1 is 1.10 bits per heavy atom. The Kier molecular flexibility index (Phi) is 7.39. The van der Waals surface area contributed by atoms with Crippen LogP contribution >= 0.6 is 24.0 Å². The molecule has 1 heterocycles. The molecule has 0 N–H and O–H groups in total. The van der Waals surface area contributed by atoms with E-state index >= 15 is 0 Å². The van der Waals surface area contributed by atoms with Crippen LogP contribution in [0.1, 0.15) is 23.1 Å². The molecule has 30 heavy (non-hydrogen) atoms. The van der Waals surface area contributed by atoms with Crippen LogP contribution in [-0.4, -0.2) is 42.5 Å². The van der Waals surface area contributed by atoms with Crippen molar-refractivity contribution in [2.24, 2.45) is 0 Å². The van der Waals surface area contributed by atoms with Crippen molar-refractivity contribution in [3.05, 3.63) is 58.0 Å². The van der Waals surface area contributed by atoms with E-state index in [2.05, 4.69) is 13.0 Å². The van der Waals surface area contributed by atoms with E-state index in [1.54, 1.807) is 20.2 Å². The Balaban J connectivity index is 1.65. The van der Waals surface area contributed by atoms with Gasteiger partial charge in [0.15, 0.2) is 11.5 Å². The summed E-state index contributed by atoms with van der Waals surface area (Å²) < 4.78 is 17.9. The number of hydrogen-bond donors (Lipinski definition) is 0. The van der Waals surface area contributed by atoms with Gasteiger partial charge >= 0.3 is 0 Å². The van der Waals surface area contributed by atoms with Gasteiger partial charge in [0.1, 0.15) is 10.1 Å². The number of likely N-dealkylation sites (N-methyl/N-ethyl adjacent to an activating group) is 1. The number of thioether (sulfide) groups is 1. The maximum atomic E-state index is 12.3. The van der Waals surface area contributed by atoms with Crippen LogP contribution in [0.4, 0.5) is 0 Å². The zero-order valence-electron chi connectivity index (χ0n) is 17.6. The smallest absolute Gasteiger partial charge is 0.265 e. The maximum Gasteiger partial charge on any atom is 0.265 e. The molecule has 1 amide bonds. The maximum absolute atomic E-state index is 12.3. The number of para-hydroxylation sites is 1. The Morgan fingerprint density at radius 3 is 2.53 bits per heavy atom. The van der Waals surface area contributed by atoms with Crippen LogP contribution in [0.5, 0.6) is 17.2 Å². The highest BCUT2D eigenvalue weighted by atomic mass is 32.2. The van der Waals surface area contributed by atoms with Crippen molar-refractivity contribution in [1.29, 1.82) is 0 Å². The lowest BCUT2D eigenvalue weighted by Gasteiger charge is -2.14. The van der Waals surface area contributed by atoms with Crippen molar-refractivity contribution in [3.8, 4) is 17.2 Å². The molecule has 7 heteroatoms. The van der Waals surface area contributed by atoms with E-state index < -0.39 is 0 Å². The van der Waals surface area contributed by atoms with Crippen molar-refractivity contribution in [2.75, 3.05) is 27.4 Å². The molecule has 2 aromatic carbocycles. The lowest BCUT2D eigenvalue weighted by molar-refractivity contribution is -0.121. The van der Waals surface area contributed by atoms with E-state index in [0.717, 1.165) is 16.9 Å². The lowest BCUT2D eigenvalue weighted by Crippen LogP contribution is -2.22. The third-order valence-electron chi connectivity index (χ3n) is 4.63. The summed E-state index contributed by atoms with van der Waals surface area (Å²) in [4.78, 5) is 14.4. The SMILES string of the molecule is COc1cccc(/C=C2/SC(=S)N(C)C2=O)c1OCCCOc1ccc(C)cc1C. The number of rotatable bonds is 8. The molecule has 1 aliphatic rings. The van der Waals surface area contributed by atoms with Crippen LogP contribution < -0.4 is 14.2 Å². The quantitative estimate of drug-likeness (QED) is 0.325. The molecule has 0 radical (unpaired) electrons. The fraction of sp³-hybridized carbons (Fsp3) is 0.304. The zero-order valence-corrected chi connectivity index (χ0v) is 19.2. The Hall–Kier alpha value is -2.51. The van der Waals surface area contributed by atoms with Crippen molar-refractivity contribution in [1.82, 2.24) is 4.90 Å². The molecule has 158 valence electrons. The molecule has 1 aliphatic heterocycles. The van der Waals surface area contributed by atoms with Gasteiger partial charge < -0.3 is 14.2 Å². The highest BCUT2D eigenvalue weighted by Gasteiger charge is 2.29. The second kappa shape index (κ2) is 10.00. The molecule has 0 saturated carbocycles. The van der Waals surface area contributed by atoms with Gasteiger partial charge in [0.05, 0.1) is 25.2 Å². The largest absolute Gasteiger partial charge is 0.493 e. The number of carbonyl (C=O) groups is 1. The number of amides is 1. The topological polar surface area (TPSA) is 48.0 Å². The van der Waals surface area contributed by atoms with E-state index in [0.29, 0.717) is 40.4 Å². The molecular weight excluding hydrogens is 418 g/mol. The second-order valence-electron chi connectivity index (χ2n) is 6.94. The lowest BCUT2D eigenvalue weighted by atomic mass is 10.1. The van der Waals surface area contributed by atoms with E-state index in [-0.39, 0.29) is 5.91 Å². The average Bonchev–Trinajstić information content (AvgIpc) is 2.96. The van der Waals surface area contributed by atoms with Gasteiger partial charge in [-0.1, -0.05) is 53.8 Å². The standard InChI is InChI=1S/C23H25NO4S2/c1-15-9-10-18(16(2)13-15)27-11-6-12-28-21-17(7-5-8-19(21)26-4)14-20-22(25)24(3)23(29)30-20/h5,7-10,13-14H,6,11-12H2,1-4H3/b20-14+. The van der Waals surface area contributed by atoms with Crippen molar-refractivity contribution in [2.45, 2.75) is 20.3 Å². The van der Waals surface area contributed by atoms with E-state index in [1.807, 2.05) is 37.3 Å². The van der Waals surface area contributed by atoms with Gasteiger partial charge in [-0.3, -0.25) is 9.69 Å². The highest BCUT2D eigenvalue weighted by Crippen LogP contribution is 2.37. The predicted molar refractivity (Wildman–Crippen MR) is 125 cm³/mol. The Bertz CT molecular complexity index is 987. The highest BCUT2D eigenvalue weighted by molar-refractivity contribution is 8.26. The van der Waals surface area contributed by atoms with Crippen LogP contribution in [0.15, 0.2) is 41.3 Å². The van der Waals surface area contributed by atoms with Crippen LogP contribution in [0.3, 0.4) is 0 Å². The normalized spacial score (nSPS) is 15.1. The number of ether oxygens (including phenoxy) is 3. The summed E-state index contributed by atoms with van der Waals surface area (Å²) in [6.45, 7) is 5.11. The summed E-state index contributed by atoms with van der Waals surface area (Å²) in [5.41, 5.74) is 3.11. The minimum absolute atomic E-state index is 0.111. The molecule has 0 atom stereocenters. The van der Waals surface area contributed by atoms with Crippen LogP contribution in [0, 0.1) is 13.8 Å². The zero-order chi connectivity index (χ0) is 21.7. The Labute approximate surface area is 187 Å². The number of carbonyl (C=O) groups excluding carboxylic acids is 1. The van der Waals surface area contributed by atoms with Gasteiger partial charge in [0.25, 0.3) is 5.91 Å². The van der Waals surface area contributed by atoms with Gasteiger partial charge in [-0.25, -0.2) is 0 Å². The summed E-state index contributed by atoms with van der Waals surface area (Å²) in [6.07, 6.45) is 2.51. The number of methoxy groups -OCH3 is 1. The first kappa shape index (κ1) is 22.2. The number of thiocarbonyl (C=S) groups is 1. The average molecular weight is 444 g/mol. The third kappa shape index (κ3) is 5.15. The molecule has 0 bridgehead atoms. The second-order valence-corrected chi connectivity index (χ2v) is 8.61. The minimum Gasteiger partial charge on any atom is -0.493 e. The predicted octanol–water partition coefficient (Wildman–Crippen LogP) is 4.99. The van der Waals surface area contributed by atoms with Gasteiger partial charge in [0, 0.05) is 19.0 Å². The minimum atomic E-state index is -0.111. The van der Waals surface area contributed by atoms with Crippen LogP contribution in [0.25, 0.3) is 6.08 Å². The molecule has 0 aromatic heterocycles. The van der Waals surface area contributed by atoms with Crippen molar-refractivity contribution >= 4 is 40.3 Å². The molecular formula is C23H25NO4S2. The molecule has 0 aliphatic carbocycles. The number of nitrogens with zero attached hydrogens (tertiary/aromatic N) is 1. The summed E-state index contributed by atoms with van der Waals surface area (Å²) in [6, 6.07) is 11.7. The molecule has 5 nitrogen and oxygen atoms in total. The monoisotopic (exact) mass is 443 g/mol. The third-order valence-corrected chi connectivity index (χ3v) is 6.11. The fourth-order valence-electron chi connectivity index (χ4n) is 3.03. The molecule has 1 fully saturated rings. The fourth-order valence-corrected chi connectivity index (χ4v) is 4.20. The number of hydrogen-bond acceptors (Lipinski definition) is 6. The van der Waals surface area contributed by atoms with Gasteiger partial charge in [0.2, 0.25) is 0 Å². The summed E-state index contributed by atoms with van der Waals surface area (Å²) in [5.74, 6) is 2.00. The molecule has 3 rings (SSSR count). The van der Waals surface area contributed by atoms with Crippen LogP contribution in [0.2, 0.25) is 0 Å². The molecule has 1 saturated heterocycles. The van der Waals surface area contributed by atoms with Crippen molar-refractivity contribution in [3.63, 3.8) is 0 Å². The molecule has 0 spiro atoms.